The number of aliphatic hydroxyl groups is 1. The molecule has 4 rings (SSSR count). The molecule has 1 aliphatic heterocycles. The molecule has 3 aromatic rings. The Bertz CT molecular complexity index is 1030. The molecule has 166 valence electrons. The van der Waals surface area contributed by atoms with Gasteiger partial charge in [0.1, 0.15) is 11.9 Å². The minimum absolute atomic E-state index is 0.0445. The molecule has 0 saturated carbocycles. The van der Waals surface area contributed by atoms with E-state index in [2.05, 4.69) is 38.3 Å². The number of anilines is 2. The molecular formula is C21H30N8O2. The van der Waals surface area contributed by atoms with Crippen LogP contribution in [0.15, 0.2) is 18.5 Å². The Morgan fingerprint density at radius 1 is 1.26 bits per heavy atom. The molecule has 1 unspecified atom stereocenters. The number of hydrogen-bond acceptors (Lipinski definition) is 9. The number of hydrogen-bond donors (Lipinski definition) is 3. The lowest BCUT2D eigenvalue weighted by Gasteiger charge is -2.29. The molecule has 3 aromatic heterocycles. The predicted molar refractivity (Wildman–Crippen MR) is 118 cm³/mol. The number of nitrogens with two attached hydrogens (primary N) is 1. The third-order valence-electron chi connectivity index (χ3n) is 5.53. The number of nitrogens with one attached hydrogen (secondary N) is 1. The molecule has 1 aliphatic rings. The van der Waals surface area contributed by atoms with Gasteiger partial charge in [-0.05, 0) is 24.5 Å². The summed E-state index contributed by atoms with van der Waals surface area (Å²) in [5.74, 6) is 1.30. The molecule has 0 aliphatic carbocycles. The van der Waals surface area contributed by atoms with Gasteiger partial charge in [-0.2, -0.15) is 4.98 Å². The summed E-state index contributed by atoms with van der Waals surface area (Å²) < 4.78 is 7.52. The molecular weight excluding hydrogens is 396 g/mol. The predicted octanol–water partition coefficient (Wildman–Crippen LogP) is 0.950. The van der Waals surface area contributed by atoms with E-state index in [1.165, 1.54) is 0 Å². The van der Waals surface area contributed by atoms with Crippen molar-refractivity contribution in [1.29, 1.82) is 0 Å². The standard InChI is InChI=1S/C21H30N8O2/c1-3-17(4-9-30)31-21-26-18(22)20-25-13-16(29(20)27-21)11-15-10-14(2)19(24-12-15)28-7-5-23-6-8-28/h10,12-13,17,23,30H,3-9,11H2,1-2H3,(H2,22,26,27). The number of aromatic nitrogens is 5. The lowest BCUT2D eigenvalue weighted by atomic mass is 10.1. The van der Waals surface area contributed by atoms with E-state index in [0.717, 1.165) is 55.2 Å². The van der Waals surface area contributed by atoms with Crippen molar-refractivity contribution in [3.8, 4) is 6.01 Å². The number of imidazole rings is 1. The normalized spacial score (nSPS) is 15.4. The van der Waals surface area contributed by atoms with Crippen molar-refractivity contribution in [2.75, 3.05) is 43.4 Å². The van der Waals surface area contributed by atoms with Crippen LogP contribution in [-0.2, 0) is 6.42 Å². The first-order valence-electron chi connectivity index (χ1n) is 10.8. The Morgan fingerprint density at radius 2 is 2.06 bits per heavy atom. The molecule has 4 heterocycles. The average Bonchev–Trinajstić information content (AvgIpc) is 3.17. The number of fused-ring (bicyclic) bond motifs is 1. The SMILES string of the molecule is CCC(CCO)Oc1nc(N)c2ncc(Cc3cnc(N4CCNCC4)c(C)c3)n2n1. The van der Waals surface area contributed by atoms with Gasteiger partial charge in [0.15, 0.2) is 11.5 Å². The molecule has 1 fully saturated rings. The van der Waals surface area contributed by atoms with Gasteiger partial charge in [0.25, 0.3) is 0 Å². The van der Waals surface area contributed by atoms with Gasteiger partial charge in [0.05, 0.1) is 11.9 Å². The van der Waals surface area contributed by atoms with Crippen molar-refractivity contribution < 1.29 is 9.84 Å². The van der Waals surface area contributed by atoms with E-state index in [9.17, 15) is 5.11 Å². The number of aliphatic hydroxyl groups excluding tert-OH is 1. The van der Waals surface area contributed by atoms with Crippen LogP contribution in [0, 0.1) is 6.92 Å². The summed E-state index contributed by atoms with van der Waals surface area (Å²) in [7, 11) is 0. The van der Waals surface area contributed by atoms with Crippen LogP contribution in [0.2, 0.25) is 0 Å². The van der Waals surface area contributed by atoms with Crippen molar-refractivity contribution >= 4 is 17.3 Å². The monoisotopic (exact) mass is 426 g/mol. The number of nitrogen functional groups attached to an aromatic ring is 1. The maximum atomic E-state index is 9.20. The summed E-state index contributed by atoms with van der Waals surface area (Å²) in [6.45, 7) is 8.03. The van der Waals surface area contributed by atoms with Crippen LogP contribution < -0.4 is 20.7 Å². The molecule has 0 amide bonds. The Kier molecular flexibility index (Phi) is 6.47. The van der Waals surface area contributed by atoms with Gasteiger partial charge in [-0.25, -0.2) is 14.5 Å². The first-order chi connectivity index (χ1) is 15.1. The van der Waals surface area contributed by atoms with Crippen molar-refractivity contribution in [2.45, 2.75) is 39.2 Å². The molecule has 10 heteroatoms. The molecule has 0 aromatic carbocycles. The highest BCUT2D eigenvalue weighted by atomic mass is 16.5. The van der Waals surface area contributed by atoms with Crippen LogP contribution in [0.25, 0.3) is 5.65 Å². The number of rotatable bonds is 8. The fourth-order valence-electron chi connectivity index (χ4n) is 3.88. The van der Waals surface area contributed by atoms with E-state index in [1.54, 1.807) is 10.7 Å². The van der Waals surface area contributed by atoms with E-state index in [-0.39, 0.29) is 24.5 Å². The summed E-state index contributed by atoms with van der Waals surface area (Å²) in [4.78, 5) is 15.7. The summed E-state index contributed by atoms with van der Waals surface area (Å²) in [5.41, 5.74) is 9.70. The first kappa shape index (κ1) is 21.3. The van der Waals surface area contributed by atoms with Gasteiger partial charge in [0.2, 0.25) is 0 Å². The van der Waals surface area contributed by atoms with Gasteiger partial charge < -0.3 is 25.8 Å². The number of aryl methyl sites for hydroxylation is 1. The van der Waals surface area contributed by atoms with Gasteiger partial charge >= 0.3 is 6.01 Å². The van der Waals surface area contributed by atoms with Crippen LogP contribution >= 0.6 is 0 Å². The highest BCUT2D eigenvalue weighted by molar-refractivity contribution is 5.60. The third-order valence-corrected chi connectivity index (χ3v) is 5.53. The number of pyridine rings is 1. The summed E-state index contributed by atoms with van der Waals surface area (Å²) in [6.07, 6.45) is 5.37. The van der Waals surface area contributed by atoms with E-state index in [1.807, 2.05) is 13.1 Å². The Labute approximate surface area is 181 Å². The van der Waals surface area contributed by atoms with Crippen molar-refractivity contribution in [3.63, 3.8) is 0 Å². The molecule has 1 atom stereocenters. The lowest BCUT2D eigenvalue weighted by molar-refractivity contribution is 0.138. The second-order valence-electron chi connectivity index (χ2n) is 7.82. The fraction of sp³-hybridized carbons (Fsp3) is 0.524. The largest absolute Gasteiger partial charge is 0.459 e. The van der Waals surface area contributed by atoms with Crippen LogP contribution in [0.4, 0.5) is 11.6 Å². The van der Waals surface area contributed by atoms with E-state index in [0.29, 0.717) is 18.5 Å². The molecule has 10 nitrogen and oxygen atoms in total. The second-order valence-corrected chi connectivity index (χ2v) is 7.82. The topological polar surface area (TPSA) is 127 Å². The zero-order chi connectivity index (χ0) is 21.8. The van der Waals surface area contributed by atoms with Crippen LogP contribution in [0.3, 0.4) is 0 Å². The smallest absolute Gasteiger partial charge is 0.336 e. The van der Waals surface area contributed by atoms with Gasteiger partial charge in [-0.3, -0.25) is 0 Å². The van der Waals surface area contributed by atoms with Crippen LogP contribution in [0.1, 0.15) is 36.6 Å². The van der Waals surface area contributed by atoms with E-state index < -0.39 is 0 Å². The van der Waals surface area contributed by atoms with Gasteiger partial charge in [-0.15, -0.1) is 5.10 Å². The number of nitrogens with zero attached hydrogens (tertiary/aromatic N) is 6. The highest BCUT2D eigenvalue weighted by Gasteiger charge is 2.17. The summed E-state index contributed by atoms with van der Waals surface area (Å²) in [6, 6.07) is 2.35. The lowest BCUT2D eigenvalue weighted by Crippen LogP contribution is -2.44. The average molecular weight is 427 g/mol. The summed E-state index contributed by atoms with van der Waals surface area (Å²) in [5, 5.41) is 17.1. The molecule has 4 N–H and O–H groups in total. The minimum atomic E-state index is -0.168. The maximum absolute atomic E-state index is 9.20. The fourth-order valence-corrected chi connectivity index (χ4v) is 3.88. The minimum Gasteiger partial charge on any atom is -0.459 e. The van der Waals surface area contributed by atoms with Crippen molar-refractivity contribution in [3.05, 3.63) is 35.3 Å². The number of piperazine rings is 1. The maximum Gasteiger partial charge on any atom is 0.336 e. The first-order valence-corrected chi connectivity index (χ1v) is 10.8. The molecule has 0 spiro atoms. The molecule has 0 bridgehead atoms. The third kappa shape index (κ3) is 4.70. The van der Waals surface area contributed by atoms with Crippen LogP contribution in [-0.4, -0.2) is 68.6 Å². The molecule has 31 heavy (non-hydrogen) atoms. The Balaban J connectivity index is 1.57. The van der Waals surface area contributed by atoms with Gasteiger partial charge in [0, 0.05) is 51.8 Å². The zero-order valence-electron chi connectivity index (χ0n) is 18.1. The summed E-state index contributed by atoms with van der Waals surface area (Å²) >= 11 is 0. The zero-order valence-corrected chi connectivity index (χ0v) is 18.1. The van der Waals surface area contributed by atoms with Crippen molar-refractivity contribution in [1.82, 2.24) is 29.9 Å². The van der Waals surface area contributed by atoms with E-state index >= 15 is 0 Å². The van der Waals surface area contributed by atoms with E-state index in [4.69, 9.17) is 15.5 Å². The second kappa shape index (κ2) is 9.44. The molecule has 1 saturated heterocycles. The Morgan fingerprint density at radius 3 is 2.77 bits per heavy atom. The van der Waals surface area contributed by atoms with Gasteiger partial charge in [-0.1, -0.05) is 13.0 Å². The number of ether oxygens (including phenoxy) is 1. The van der Waals surface area contributed by atoms with Crippen molar-refractivity contribution in [2.24, 2.45) is 0 Å². The Hall–Kier alpha value is -2.98. The molecule has 0 radical (unpaired) electrons. The quantitative estimate of drug-likeness (QED) is 0.482. The van der Waals surface area contributed by atoms with Crippen LogP contribution in [0.5, 0.6) is 6.01 Å². The highest BCUT2D eigenvalue weighted by Crippen LogP contribution is 2.22.